The molecule has 2 rings (SSSR count). The third-order valence-electron chi connectivity index (χ3n) is 3.77. The van der Waals surface area contributed by atoms with Crippen LogP contribution in [0.15, 0.2) is 23.1 Å². The molecular weight excluding hydrogens is 329 g/mol. The quantitative estimate of drug-likeness (QED) is 0.839. The maximum absolute atomic E-state index is 14.7. The second kappa shape index (κ2) is 5.45. The van der Waals surface area contributed by atoms with Crippen molar-refractivity contribution in [3.8, 4) is 0 Å². The summed E-state index contributed by atoms with van der Waals surface area (Å²) in [4.78, 5) is -1.00. The topological polar surface area (TPSA) is 60.2 Å². The molecule has 0 atom stereocenters. The summed E-state index contributed by atoms with van der Waals surface area (Å²) in [7, 11) is -4.75. The molecule has 9 heteroatoms. The Hall–Kier alpha value is -1.22. The molecule has 3 nitrogen and oxygen atoms in total. The van der Waals surface area contributed by atoms with Gasteiger partial charge >= 0.3 is 6.18 Å². The number of alkyl halides is 4. The van der Waals surface area contributed by atoms with Crippen LogP contribution in [0.3, 0.4) is 0 Å². The van der Waals surface area contributed by atoms with Gasteiger partial charge in [-0.05, 0) is 43.9 Å². The van der Waals surface area contributed by atoms with E-state index in [9.17, 15) is 30.4 Å². The highest BCUT2D eigenvalue weighted by Crippen LogP contribution is 2.41. The van der Waals surface area contributed by atoms with E-state index >= 15 is 0 Å². The summed E-state index contributed by atoms with van der Waals surface area (Å²) in [6.07, 6.45) is -5.58. The first-order valence-corrected chi connectivity index (χ1v) is 8.01. The molecule has 0 aliphatic heterocycles. The Labute approximate surface area is 124 Å². The third kappa shape index (κ3) is 3.10. The standard InChI is InChI=1S/C13H14F5NO2S/c14-9-5-8(13(16,17)18)6-11(7-9)22(20,21)12(15)3-1-10(19)2-4-12/h5-7,10H,1-4,19H2/t10-,12+. The molecule has 0 aromatic heterocycles. The Morgan fingerprint density at radius 3 is 2.18 bits per heavy atom. The van der Waals surface area contributed by atoms with Gasteiger partial charge in [-0.1, -0.05) is 0 Å². The second-order valence-corrected chi connectivity index (χ2v) is 7.61. The lowest BCUT2D eigenvalue weighted by molar-refractivity contribution is -0.137. The van der Waals surface area contributed by atoms with Crippen molar-refractivity contribution in [2.45, 2.75) is 47.8 Å². The Morgan fingerprint density at radius 2 is 1.68 bits per heavy atom. The normalized spacial score (nSPS) is 26.9. The lowest BCUT2D eigenvalue weighted by Gasteiger charge is -2.32. The van der Waals surface area contributed by atoms with E-state index in [-0.39, 0.29) is 31.0 Å². The van der Waals surface area contributed by atoms with E-state index in [1.165, 1.54) is 0 Å². The van der Waals surface area contributed by atoms with Gasteiger partial charge in [-0.25, -0.2) is 17.2 Å². The Kier molecular flexibility index (Phi) is 4.25. The van der Waals surface area contributed by atoms with Gasteiger partial charge in [0.05, 0.1) is 10.5 Å². The van der Waals surface area contributed by atoms with Crippen LogP contribution in [-0.4, -0.2) is 19.5 Å². The van der Waals surface area contributed by atoms with Crippen LogP contribution in [0, 0.1) is 5.82 Å². The van der Waals surface area contributed by atoms with Crippen molar-refractivity contribution in [2.75, 3.05) is 0 Å². The first kappa shape index (κ1) is 17.1. The van der Waals surface area contributed by atoms with Gasteiger partial charge < -0.3 is 5.73 Å². The third-order valence-corrected chi connectivity index (χ3v) is 6.00. The molecule has 1 fully saturated rings. The highest BCUT2D eigenvalue weighted by Gasteiger charge is 2.48. The van der Waals surface area contributed by atoms with Gasteiger partial charge in [-0.2, -0.15) is 13.2 Å². The van der Waals surface area contributed by atoms with Crippen molar-refractivity contribution in [1.82, 2.24) is 0 Å². The van der Waals surface area contributed by atoms with Gasteiger partial charge in [0.15, 0.2) is 0 Å². The maximum Gasteiger partial charge on any atom is 0.416 e. The van der Waals surface area contributed by atoms with Crippen LogP contribution < -0.4 is 5.73 Å². The van der Waals surface area contributed by atoms with Crippen molar-refractivity contribution >= 4 is 9.84 Å². The minimum Gasteiger partial charge on any atom is -0.328 e. The van der Waals surface area contributed by atoms with Crippen molar-refractivity contribution in [3.63, 3.8) is 0 Å². The summed E-state index contributed by atoms with van der Waals surface area (Å²) < 4.78 is 90.6. The fraction of sp³-hybridized carbons (Fsp3) is 0.538. The van der Waals surface area contributed by atoms with Crippen LogP contribution in [-0.2, 0) is 16.0 Å². The lowest BCUT2D eigenvalue weighted by atomic mass is 9.94. The highest BCUT2D eigenvalue weighted by atomic mass is 32.2. The van der Waals surface area contributed by atoms with Crippen molar-refractivity contribution in [1.29, 1.82) is 0 Å². The number of hydrogen-bond donors (Lipinski definition) is 1. The SMILES string of the molecule is N[C@H]1CC[C@@](F)(S(=O)(=O)c2cc(F)cc(C(F)(F)F)c2)CC1. The fourth-order valence-electron chi connectivity index (χ4n) is 2.43. The van der Waals surface area contributed by atoms with Gasteiger partial charge in [0.2, 0.25) is 14.8 Å². The second-order valence-electron chi connectivity index (χ2n) is 5.40. The Balaban J connectivity index is 2.48. The zero-order valence-corrected chi connectivity index (χ0v) is 12.1. The van der Waals surface area contributed by atoms with E-state index in [2.05, 4.69) is 0 Å². The zero-order valence-electron chi connectivity index (χ0n) is 11.3. The van der Waals surface area contributed by atoms with Crippen LogP contribution in [0.5, 0.6) is 0 Å². The van der Waals surface area contributed by atoms with Gasteiger partial charge in [-0.15, -0.1) is 0 Å². The minimum atomic E-state index is -4.93. The maximum atomic E-state index is 14.7. The number of hydrogen-bond acceptors (Lipinski definition) is 3. The van der Waals surface area contributed by atoms with E-state index < -0.39 is 50.1 Å². The van der Waals surface area contributed by atoms with Gasteiger partial charge in [0, 0.05) is 6.04 Å². The van der Waals surface area contributed by atoms with E-state index in [1.807, 2.05) is 0 Å². The average molecular weight is 343 g/mol. The summed E-state index contributed by atoms with van der Waals surface area (Å²) in [6, 6.07) is 0.479. The van der Waals surface area contributed by atoms with Crippen LogP contribution in [0.2, 0.25) is 0 Å². The van der Waals surface area contributed by atoms with Crippen LogP contribution >= 0.6 is 0 Å². The van der Waals surface area contributed by atoms with E-state index in [0.717, 1.165) is 0 Å². The number of nitrogens with two attached hydrogens (primary N) is 1. The van der Waals surface area contributed by atoms with Gasteiger partial charge in [0.25, 0.3) is 0 Å². The molecule has 0 heterocycles. The smallest absolute Gasteiger partial charge is 0.328 e. The molecule has 0 bridgehead atoms. The Morgan fingerprint density at radius 1 is 1.14 bits per heavy atom. The molecule has 2 N–H and O–H groups in total. The molecule has 1 aliphatic rings. The van der Waals surface area contributed by atoms with Crippen LogP contribution in [0.25, 0.3) is 0 Å². The summed E-state index contributed by atoms with van der Waals surface area (Å²) >= 11 is 0. The molecule has 0 saturated heterocycles. The number of halogens is 5. The minimum absolute atomic E-state index is 0.0944. The molecule has 0 unspecified atom stereocenters. The van der Waals surface area contributed by atoms with Gasteiger partial charge in [-0.3, -0.25) is 0 Å². The molecular formula is C13H14F5NO2S. The molecule has 1 saturated carbocycles. The number of rotatable bonds is 2. The average Bonchev–Trinajstić information content (AvgIpc) is 2.40. The van der Waals surface area contributed by atoms with E-state index in [0.29, 0.717) is 6.07 Å². The molecule has 1 aromatic rings. The molecule has 1 aromatic carbocycles. The first-order chi connectivity index (χ1) is 9.96. The van der Waals surface area contributed by atoms with Gasteiger partial charge in [0.1, 0.15) is 5.82 Å². The summed E-state index contributed by atoms with van der Waals surface area (Å²) in [5.74, 6) is -1.38. The monoisotopic (exact) mass is 343 g/mol. The van der Waals surface area contributed by atoms with Crippen LogP contribution in [0.4, 0.5) is 22.0 Å². The highest BCUT2D eigenvalue weighted by molar-refractivity contribution is 7.92. The van der Waals surface area contributed by atoms with E-state index in [4.69, 9.17) is 5.73 Å². The molecule has 1 aliphatic carbocycles. The summed E-state index contributed by atoms with van der Waals surface area (Å²) in [5.41, 5.74) is 4.10. The molecule has 0 amide bonds. The zero-order chi connectivity index (χ0) is 16.8. The molecule has 22 heavy (non-hydrogen) atoms. The van der Waals surface area contributed by atoms with Crippen molar-refractivity contribution in [2.24, 2.45) is 5.73 Å². The number of benzene rings is 1. The largest absolute Gasteiger partial charge is 0.416 e. The van der Waals surface area contributed by atoms with Crippen molar-refractivity contribution < 1.29 is 30.4 Å². The predicted octanol–water partition coefficient (Wildman–Crippen LogP) is 3.19. The molecule has 0 spiro atoms. The fourth-order valence-corrected chi connectivity index (χ4v) is 4.18. The Bertz CT molecular complexity index is 663. The first-order valence-electron chi connectivity index (χ1n) is 6.53. The van der Waals surface area contributed by atoms with Crippen molar-refractivity contribution in [3.05, 3.63) is 29.6 Å². The number of sulfone groups is 1. The lowest BCUT2D eigenvalue weighted by Crippen LogP contribution is -2.41. The predicted molar refractivity (Wildman–Crippen MR) is 68.9 cm³/mol. The molecule has 124 valence electrons. The van der Waals surface area contributed by atoms with Crippen LogP contribution in [0.1, 0.15) is 31.2 Å². The summed E-state index contributed by atoms with van der Waals surface area (Å²) in [6.45, 7) is 0. The molecule has 0 radical (unpaired) electrons. The van der Waals surface area contributed by atoms with E-state index in [1.54, 1.807) is 0 Å². The summed E-state index contributed by atoms with van der Waals surface area (Å²) in [5, 5.41) is -2.72.